The lowest BCUT2D eigenvalue weighted by Crippen LogP contribution is -2.24. The molecular weight excluding hydrogens is 398 g/mol. The number of fused-ring (bicyclic) bond motifs is 2. The van der Waals surface area contributed by atoms with Gasteiger partial charge in [0.15, 0.2) is 17.1 Å². The first kappa shape index (κ1) is 18.4. The van der Waals surface area contributed by atoms with Gasteiger partial charge in [-0.2, -0.15) is 5.10 Å². The molecule has 0 saturated carbocycles. The lowest BCUT2D eigenvalue weighted by Gasteiger charge is -2.10. The molecular formula is C21H19N7OS. The maximum absolute atomic E-state index is 13.2. The highest BCUT2D eigenvalue weighted by atomic mass is 32.1. The van der Waals surface area contributed by atoms with Gasteiger partial charge in [0.2, 0.25) is 0 Å². The predicted octanol–water partition coefficient (Wildman–Crippen LogP) is 3.71. The minimum Gasteiger partial charge on any atom is -0.345 e. The molecule has 0 atom stereocenters. The second-order valence-electron chi connectivity index (χ2n) is 7.18. The summed E-state index contributed by atoms with van der Waals surface area (Å²) >= 11 is 1.59. The second kappa shape index (κ2) is 7.34. The Bertz CT molecular complexity index is 1350. The molecule has 5 aromatic rings. The first-order chi connectivity index (χ1) is 14.6. The summed E-state index contributed by atoms with van der Waals surface area (Å²) in [6.45, 7) is 4.35. The average Bonchev–Trinajstić information content (AvgIpc) is 3.50. The van der Waals surface area contributed by atoms with Crippen molar-refractivity contribution < 1.29 is 4.79 Å². The van der Waals surface area contributed by atoms with E-state index in [9.17, 15) is 4.79 Å². The van der Waals surface area contributed by atoms with Crippen LogP contribution in [0.15, 0.2) is 54.2 Å². The molecule has 0 aromatic carbocycles. The summed E-state index contributed by atoms with van der Waals surface area (Å²) in [4.78, 5) is 19.0. The van der Waals surface area contributed by atoms with Gasteiger partial charge in [0, 0.05) is 12.2 Å². The predicted molar refractivity (Wildman–Crippen MR) is 115 cm³/mol. The summed E-state index contributed by atoms with van der Waals surface area (Å²) in [7, 11) is 0. The number of nitrogens with zero attached hydrogens (tertiary/aromatic N) is 6. The molecule has 1 amide bonds. The van der Waals surface area contributed by atoms with Crippen molar-refractivity contribution in [1.82, 2.24) is 34.7 Å². The molecule has 5 rings (SSSR count). The van der Waals surface area contributed by atoms with E-state index in [2.05, 4.69) is 20.6 Å². The lowest BCUT2D eigenvalue weighted by atomic mass is 10.1. The molecule has 0 spiro atoms. The van der Waals surface area contributed by atoms with Crippen molar-refractivity contribution in [2.24, 2.45) is 0 Å². The van der Waals surface area contributed by atoms with E-state index < -0.39 is 0 Å². The highest BCUT2D eigenvalue weighted by molar-refractivity contribution is 7.13. The summed E-state index contributed by atoms with van der Waals surface area (Å²) in [6.07, 6.45) is 3.59. The SMILES string of the molecule is CC(C)n1ncc2c(C(=O)NCc3nnc4ccccn34)cc(-c3cccs3)nc21. The average molecular weight is 417 g/mol. The standard InChI is InChI=1S/C21H19N7OS/c1-13(2)28-20-15(11-23-28)14(10-16(24-20)17-6-5-9-30-17)21(29)22-12-19-26-25-18-7-3-4-8-27(18)19/h3-11,13H,12H2,1-2H3,(H,22,29). The largest absolute Gasteiger partial charge is 0.345 e. The van der Waals surface area contributed by atoms with Gasteiger partial charge >= 0.3 is 0 Å². The number of rotatable bonds is 5. The van der Waals surface area contributed by atoms with Crippen molar-refractivity contribution in [2.75, 3.05) is 0 Å². The summed E-state index contributed by atoms with van der Waals surface area (Å²) < 4.78 is 3.70. The quantitative estimate of drug-likeness (QED) is 0.471. The maximum atomic E-state index is 13.2. The lowest BCUT2D eigenvalue weighted by molar-refractivity contribution is 0.0951. The fourth-order valence-electron chi connectivity index (χ4n) is 3.40. The minimum atomic E-state index is -0.198. The third kappa shape index (κ3) is 3.13. The van der Waals surface area contributed by atoms with Gasteiger partial charge in [-0.3, -0.25) is 9.20 Å². The zero-order valence-electron chi connectivity index (χ0n) is 16.5. The molecule has 0 aliphatic rings. The minimum absolute atomic E-state index is 0.131. The molecule has 0 fully saturated rings. The van der Waals surface area contributed by atoms with E-state index >= 15 is 0 Å². The highest BCUT2D eigenvalue weighted by Crippen LogP contribution is 2.28. The molecule has 5 aromatic heterocycles. The summed E-state index contributed by atoms with van der Waals surface area (Å²) in [6, 6.07) is 11.6. The molecule has 0 aliphatic heterocycles. The zero-order chi connectivity index (χ0) is 20.7. The van der Waals surface area contributed by atoms with Crippen molar-refractivity contribution in [3.63, 3.8) is 0 Å². The van der Waals surface area contributed by atoms with E-state index in [-0.39, 0.29) is 18.5 Å². The highest BCUT2D eigenvalue weighted by Gasteiger charge is 2.19. The topological polar surface area (TPSA) is 90.0 Å². The molecule has 150 valence electrons. The van der Waals surface area contributed by atoms with Gasteiger partial charge in [-0.05, 0) is 43.5 Å². The molecule has 0 bridgehead atoms. The Hall–Kier alpha value is -3.59. The molecule has 30 heavy (non-hydrogen) atoms. The maximum Gasteiger partial charge on any atom is 0.252 e. The van der Waals surface area contributed by atoms with Gasteiger partial charge in [-0.1, -0.05) is 12.1 Å². The number of hydrogen-bond donors (Lipinski definition) is 1. The van der Waals surface area contributed by atoms with Crippen LogP contribution in [-0.2, 0) is 6.54 Å². The summed E-state index contributed by atoms with van der Waals surface area (Å²) in [5.74, 6) is 0.469. The normalized spacial score (nSPS) is 11.6. The van der Waals surface area contributed by atoms with Crippen LogP contribution >= 0.6 is 11.3 Å². The first-order valence-electron chi connectivity index (χ1n) is 9.61. The molecule has 0 saturated heterocycles. The van der Waals surface area contributed by atoms with Crippen LogP contribution in [0.25, 0.3) is 27.3 Å². The number of aromatic nitrogens is 6. The van der Waals surface area contributed by atoms with Crippen LogP contribution in [-0.4, -0.2) is 35.3 Å². The fraction of sp³-hybridized carbons (Fsp3) is 0.190. The first-order valence-corrected chi connectivity index (χ1v) is 10.5. The van der Waals surface area contributed by atoms with Crippen molar-refractivity contribution >= 4 is 33.9 Å². The van der Waals surface area contributed by atoms with E-state index in [1.165, 1.54) is 0 Å². The monoisotopic (exact) mass is 417 g/mol. The summed E-state index contributed by atoms with van der Waals surface area (Å²) in [5, 5.41) is 18.5. The number of pyridine rings is 2. The summed E-state index contributed by atoms with van der Waals surface area (Å²) in [5.41, 5.74) is 2.75. The fourth-order valence-corrected chi connectivity index (χ4v) is 4.09. The van der Waals surface area contributed by atoms with Crippen molar-refractivity contribution in [2.45, 2.75) is 26.4 Å². The van der Waals surface area contributed by atoms with Crippen LogP contribution in [0.1, 0.15) is 36.1 Å². The van der Waals surface area contributed by atoms with Gasteiger partial charge in [-0.15, -0.1) is 21.5 Å². The zero-order valence-corrected chi connectivity index (χ0v) is 17.3. The molecule has 8 nitrogen and oxygen atoms in total. The third-order valence-corrected chi connectivity index (χ3v) is 5.76. The third-order valence-electron chi connectivity index (χ3n) is 4.87. The van der Waals surface area contributed by atoms with Crippen LogP contribution in [0.3, 0.4) is 0 Å². The van der Waals surface area contributed by atoms with Crippen molar-refractivity contribution in [3.8, 4) is 10.6 Å². The van der Waals surface area contributed by atoms with E-state index in [0.717, 1.165) is 21.6 Å². The Morgan fingerprint density at radius 2 is 2.10 bits per heavy atom. The van der Waals surface area contributed by atoms with Crippen LogP contribution in [0.2, 0.25) is 0 Å². The van der Waals surface area contributed by atoms with E-state index in [0.29, 0.717) is 17.0 Å². The Morgan fingerprint density at radius 3 is 2.90 bits per heavy atom. The molecule has 1 N–H and O–H groups in total. The van der Waals surface area contributed by atoms with E-state index in [4.69, 9.17) is 4.98 Å². The second-order valence-corrected chi connectivity index (χ2v) is 8.13. The smallest absolute Gasteiger partial charge is 0.252 e. The molecule has 0 unspecified atom stereocenters. The number of carbonyl (C=O) groups excluding carboxylic acids is 1. The number of hydrogen-bond acceptors (Lipinski definition) is 6. The van der Waals surface area contributed by atoms with Crippen LogP contribution < -0.4 is 5.32 Å². The molecule has 9 heteroatoms. The van der Waals surface area contributed by atoms with E-state index in [1.807, 2.05) is 70.9 Å². The number of carbonyl (C=O) groups is 1. The van der Waals surface area contributed by atoms with Gasteiger partial charge in [-0.25, -0.2) is 9.67 Å². The van der Waals surface area contributed by atoms with Crippen molar-refractivity contribution in [1.29, 1.82) is 0 Å². The van der Waals surface area contributed by atoms with Gasteiger partial charge in [0.1, 0.15) is 0 Å². The van der Waals surface area contributed by atoms with Crippen LogP contribution in [0.5, 0.6) is 0 Å². The van der Waals surface area contributed by atoms with E-state index in [1.54, 1.807) is 17.5 Å². The molecule has 5 heterocycles. The Morgan fingerprint density at radius 1 is 1.20 bits per heavy atom. The Labute approximate surface area is 176 Å². The Balaban J connectivity index is 1.53. The van der Waals surface area contributed by atoms with Gasteiger partial charge < -0.3 is 5.32 Å². The van der Waals surface area contributed by atoms with Gasteiger partial charge in [0.05, 0.1) is 34.3 Å². The molecule has 0 aliphatic carbocycles. The van der Waals surface area contributed by atoms with Gasteiger partial charge in [0.25, 0.3) is 5.91 Å². The van der Waals surface area contributed by atoms with Crippen molar-refractivity contribution in [3.05, 3.63) is 65.6 Å². The number of amides is 1. The van der Waals surface area contributed by atoms with Crippen LogP contribution in [0, 0.1) is 0 Å². The molecule has 0 radical (unpaired) electrons. The Kier molecular flexibility index (Phi) is 4.51. The number of thiophene rings is 1. The number of nitrogens with one attached hydrogen (secondary N) is 1. The van der Waals surface area contributed by atoms with Crippen LogP contribution in [0.4, 0.5) is 0 Å².